The molecule has 0 radical (unpaired) electrons. The smallest absolute Gasteiger partial charge is 0.191 e. The molecule has 0 saturated carbocycles. The quantitative estimate of drug-likeness (QED) is 0.454. The third-order valence-corrected chi connectivity index (χ3v) is 4.10. The van der Waals surface area contributed by atoms with Crippen molar-refractivity contribution in [2.75, 3.05) is 40.0 Å². The van der Waals surface area contributed by atoms with Crippen LogP contribution in [0.1, 0.15) is 31.9 Å². The van der Waals surface area contributed by atoms with Crippen molar-refractivity contribution >= 4 is 5.96 Å². The first-order valence-electron chi connectivity index (χ1n) is 9.18. The number of aliphatic imine (C=N–C) groups is 1. The Balaban J connectivity index is 1.85. The molecule has 26 heavy (non-hydrogen) atoms. The molecule has 2 rings (SSSR count). The first-order chi connectivity index (χ1) is 12.6. The molecule has 0 aromatic heterocycles. The Labute approximate surface area is 155 Å². The van der Waals surface area contributed by atoms with Gasteiger partial charge in [0.15, 0.2) is 5.96 Å². The fraction of sp³-hybridized carbons (Fsp3) is 0.632. The number of benzene rings is 1. The summed E-state index contributed by atoms with van der Waals surface area (Å²) in [6.45, 7) is 7.08. The maximum Gasteiger partial charge on any atom is 0.191 e. The standard InChI is InChI=1S/C19H31N3O4/c1-4-20-19(22-14(2)12-26-17-8-9-25-13-17)21-11-18(23)15-6-5-7-16(10-15)24-3/h5-7,10,14,17-18,23H,4,8-9,11-13H2,1-3H3,(H2,20,21,22). The van der Waals surface area contributed by atoms with Gasteiger partial charge in [0.05, 0.1) is 39.1 Å². The molecule has 1 aliphatic rings. The van der Waals surface area contributed by atoms with E-state index >= 15 is 0 Å². The van der Waals surface area contributed by atoms with Crippen LogP contribution in [0.4, 0.5) is 0 Å². The fourth-order valence-corrected chi connectivity index (χ4v) is 2.65. The van der Waals surface area contributed by atoms with Crippen molar-refractivity contribution in [3.8, 4) is 5.75 Å². The molecule has 1 heterocycles. The number of guanidine groups is 1. The minimum atomic E-state index is -0.692. The Morgan fingerprint density at radius 3 is 3.00 bits per heavy atom. The van der Waals surface area contributed by atoms with E-state index in [9.17, 15) is 5.11 Å². The lowest BCUT2D eigenvalue weighted by atomic mass is 10.1. The van der Waals surface area contributed by atoms with Gasteiger partial charge in [-0.15, -0.1) is 0 Å². The lowest BCUT2D eigenvalue weighted by molar-refractivity contribution is 0.0347. The van der Waals surface area contributed by atoms with Gasteiger partial charge in [-0.3, -0.25) is 4.99 Å². The van der Waals surface area contributed by atoms with Gasteiger partial charge in [-0.05, 0) is 38.0 Å². The predicted molar refractivity (Wildman–Crippen MR) is 102 cm³/mol. The molecule has 0 amide bonds. The van der Waals surface area contributed by atoms with Gasteiger partial charge in [0.25, 0.3) is 0 Å². The Kier molecular flexibility index (Phi) is 8.67. The van der Waals surface area contributed by atoms with Crippen LogP contribution in [0, 0.1) is 0 Å². The molecule has 3 atom stereocenters. The molecule has 0 spiro atoms. The molecule has 3 N–H and O–H groups in total. The van der Waals surface area contributed by atoms with E-state index in [1.807, 2.05) is 38.1 Å². The third-order valence-electron chi connectivity index (χ3n) is 4.10. The molecular formula is C19H31N3O4. The summed E-state index contributed by atoms with van der Waals surface area (Å²) in [4.78, 5) is 4.49. The molecule has 0 bridgehead atoms. The van der Waals surface area contributed by atoms with Gasteiger partial charge >= 0.3 is 0 Å². The largest absolute Gasteiger partial charge is 0.497 e. The maximum atomic E-state index is 10.4. The van der Waals surface area contributed by atoms with Gasteiger partial charge in [-0.2, -0.15) is 0 Å². The van der Waals surface area contributed by atoms with E-state index in [2.05, 4.69) is 15.6 Å². The molecule has 1 fully saturated rings. The van der Waals surface area contributed by atoms with Gasteiger partial charge in [0, 0.05) is 19.2 Å². The Hall–Kier alpha value is -1.83. The van der Waals surface area contributed by atoms with Crippen LogP contribution in [-0.2, 0) is 9.47 Å². The molecule has 1 aromatic carbocycles. The second kappa shape index (κ2) is 11.0. The number of ether oxygens (including phenoxy) is 3. The van der Waals surface area contributed by atoms with Crippen LogP contribution in [0.3, 0.4) is 0 Å². The summed E-state index contributed by atoms with van der Waals surface area (Å²) in [5.41, 5.74) is 0.779. The first kappa shape index (κ1) is 20.5. The average molecular weight is 365 g/mol. The van der Waals surface area contributed by atoms with Gasteiger partial charge in [0.1, 0.15) is 5.75 Å². The summed E-state index contributed by atoms with van der Waals surface area (Å²) in [5.74, 6) is 1.38. The van der Waals surface area contributed by atoms with E-state index in [0.717, 1.165) is 30.9 Å². The lowest BCUT2D eigenvalue weighted by Crippen LogP contribution is -2.44. The van der Waals surface area contributed by atoms with Gasteiger partial charge in [-0.25, -0.2) is 0 Å². The van der Waals surface area contributed by atoms with Gasteiger partial charge in [0.2, 0.25) is 0 Å². The molecule has 0 aliphatic carbocycles. The normalized spacial score (nSPS) is 19.8. The molecule has 1 aliphatic heterocycles. The van der Waals surface area contributed by atoms with Crippen molar-refractivity contribution in [2.24, 2.45) is 4.99 Å². The van der Waals surface area contributed by atoms with Gasteiger partial charge < -0.3 is 30.0 Å². The van der Waals surface area contributed by atoms with Crippen molar-refractivity contribution in [3.05, 3.63) is 29.8 Å². The highest BCUT2D eigenvalue weighted by Gasteiger charge is 2.17. The summed E-state index contributed by atoms with van der Waals surface area (Å²) in [5, 5.41) is 16.9. The van der Waals surface area contributed by atoms with Crippen LogP contribution >= 0.6 is 0 Å². The van der Waals surface area contributed by atoms with Crippen LogP contribution in [0.2, 0.25) is 0 Å². The minimum Gasteiger partial charge on any atom is -0.497 e. The summed E-state index contributed by atoms with van der Waals surface area (Å²) >= 11 is 0. The SMILES string of the molecule is CCNC(=NCC(O)c1cccc(OC)c1)NC(C)COC1CCOC1. The van der Waals surface area contributed by atoms with Crippen molar-refractivity contribution in [1.29, 1.82) is 0 Å². The molecule has 7 heteroatoms. The number of aliphatic hydroxyl groups excluding tert-OH is 1. The number of hydrogen-bond acceptors (Lipinski definition) is 5. The van der Waals surface area contributed by atoms with Crippen molar-refractivity contribution < 1.29 is 19.3 Å². The molecule has 7 nitrogen and oxygen atoms in total. The van der Waals surface area contributed by atoms with E-state index in [-0.39, 0.29) is 18.7 Å². The molecule has 146 valence electrons. The van der Waals surface area contributed by atoms with Crippen LogP contribution in [0.25, 0.3) is 0 Å². The summed E-state index contributed by atoms with van der Waals surface area (Å²) in [6.07, 6.45) is 0.449. The molecule has 1 aromatic rings. The third kappa shape index (κ3) is 6.82. The molecular weight excluding hydrogens is 334 g/mol. The van der Waals surface area contributed by atoms with Crippen molar-refractivity contribution in [2.45, 2.75) is 38.5 Å². The number of hydrogen-bond donors (Lipinski definition) is 3. The van der Waals surface area contributed by atoms with Crippen LogP contribution in [0.5, 0.6) is 5.75 Å². The molecule has 1 saturated heterocycles. The summed E-state index contributed by atoms with van der Waals surface area (Å²) in [6, 6.07) is 7.49. The zero-order chi connectivity index (χ0) is 18.8. The van der Waals surface area contributed by atoms with E-state index in [0.29, 0.717) is 19.2 Å². The van der Waals surface area contributed by atoms with E-state index in [1.54, 1.807) is 7.11 Å². The zero-order valence-electron chi connectivity index (χ0n) is 15.9. The molecule has 3 unspecified atom stereocenters. The number of methoxy groups -OCH3 is 1. The number of aliphatic hydroxyl groups is 1. The second-order valence-electron chi connectivity index (χ2n) is 6.38. The number of rotatable bonds is 9. The summed E-state index contributed by atoms with van der Waals surface area (Å²) in [7, 11) is 1.61. The van der Waals surface area contributed by atoms with Crippen molar-refractivity contribution in [1.82, 2.24) is 10.6 Å². The van der Waals surface area contributed by atoms with E-state index in [4.69, 9.17) is 14.2 Å². The number of nitrogens with zero attached hydrogens (tertiary/aromatic N) is 1. The average Bonchev–Trinajstić information content (AvgIpc) is 3.18. The van der Waals surface area contributed by atoms with E-state index in [1.165, 1.54) is 0 Å². The monoisotopic (exact) mass is 365 g/mol. The first-order valence-corrected chi connectivity index (χ1v) is 9.18. The van der Waals surface area contributed by atoms with Crippen LogP contribution in [-0.4, -0.2) is 63.2 Å². The fourth-order valence-electron chi connectivity index (χ4n) is 2.65. The second-order valence-corrected chi connectivity index (χ2v) is 6.38. The van der Waals surface area contributed by atoms with E-state index < -0.39 is 6.10 Å². The van der Waals surface area contributed by atoms with Crippen molar-refractivity contribution in [3.63, 3.8) is 0 Å². The minimum absolute atomic E-state index is 0.0994. The number of nitrogens with one attached hydrogen (secondary N) is 2. The lowest BCUT2D eigenvalue weighted by Gasteiger charge is -2.20. The predicted octanol–water partition coefficient (Wildman–Crippen LogP) is 1.48. The topological polar surface area (TPSA) is 84.3 Å². The highest BCUT2D eigenvalue weighted by molar-refractivity contribution is 5.80. The Morgan fingerprint density at radius 1 is 1.46 bits per heavy atom. The zero-order valence-corrected chi connectivity index (χ0v) is 15.9. The van der Waals surface area contributed by atoms with Crippen LogP contribution in [0.15, 0.2) is 29.3 Å². The highest BCUT2D eigenvalue weighted by Crippen LogP contribution is 2.19. The van der Waals surface area contributed by atoms with Crippen LogP contribution < -0.4 is 15.4 Å². The summed E-state index contributed by atoms with van der Waals surface area (Å²) < 4.78 is 16.3. The highest BCUT2D eigenvalue weighted by atomic mass is 16.5. The Morgan fingerprint density at radius 2 is 2.31 bits per heavy atom. The Bertz CT molecular complexity index is 561. The van der Waals surface area contributed by atoms with Gasteiger partial charge in [-0.1, -0.05) is 12.1 Å². The maximum absolute atomic E-state index is 10.4.